The van der Waals surface area contributed by atoms with Crippen molar-refractivity contribution in [2.24, 2.45) is 0 Å². The van der Waals surface area contributed by atoms with Crippen molar-refractivity contribution in [1.29, 1.82) is 0 Å². The van der Waals surface area contributed by atoms with E-state index in [0.717, 1.165) is 22.9 Å². The Bertz CT molecular complexity index is 1340. The van der Waals surface area contributed by atoms with Crippen molar-refractivity contribution < 1.29 is 0 Å². The van der Waals surface area contributed by atoms with Gasteiger partial charge in [-0.3, -0.25) is 4.98 Å². The Morgan fingerprint density at radius 3 is 2.47 bits per heavy atom. The Morgan fingerprint density at radius 1 is 0.941 bits per heavy atom. The molecule has 0 radical (unpaired) electrons. The molecule has 1 aliphatic heterocycles. The van der Waals surface area contributed by atoms with Crippen LogP contribution in [-0.2, 0) is 6.42 Å². The number of para-hydroxylation sites is 1. The van der Waals surface area contributed by atoms with Crippen LogP contribution < -0.4 is 10.2 Å². The van der Waals surface area contributed by atoms with Crippen LogP contribution in [-0.4, -0.2) is 14.7 Å². The van der Waals surface area contributed by atoms with Crippen LogP contribution >= 0.6 is 12.2 Å². The van der Waals surface area contributed by atoms with E-state index in [1.807, 2.05) is 18.3 Å². The number of nitrogens with one attached hydrogen (secondary N) is 1. The molecule has 5 rings (SSSR count). The van der Waals surface area contributed by atoms with Crippen molar-refractivity contribution in [2.45, 2.75) is 46.2 Å². The fourth-order valence-electron chi connectivity index (χ4n) is 5.21. The summed E-state index contributed by atoms with van der Waals surface area (Å²) in [6.45, 7) is 8.75. The summed E-state index contributed by atoms with van der Waals surface area (Å²) in [6, 6.07) is 25.6. The SMILES string of the molecule is CCc1ccccc1-n1c(C)cc([C@H]2[C@@H](c3ccccn3)NC(=S)N2c2cccc(C)c2)c1C. The van der Waals surface area contributed by atoms with E-state index in [-0.39, 0.29) is 12.1 Å². The molecule has 34 heavy (non-hydrogen) atoms. The first-order valence-electron chi connectivity index (χ1n) is 11.8. The standard InChI is InChI=1S/C29H30N4S/c1-5-22-12-6-7-15-26(22)32-20(3)18-24(21(32)4)28-27(25-14-8-9-16-30-25)31-29(34)33(28)23-13-10-11-19(2)17-23/h6-18,27-28H,5H2,1-4H3,(H,31,34)/t27-,28+/m1/s1. The molecule has 3 heterocycles. The number of aromatic nitrogens is 2. The van der Waals surface area contributed by atoms with E-state index in [2.05, 4.69) is 103 Å². The molecule has 4 nitrogen and oxygen atoms in total. The first-order chi connectivity index (χ1) is 16.5. The Kier molecular flexibility index (Phi) is 5.96. The lowest BCUT2D eigenvalue weighted by atomic mass is 9.96. The summed E-state index contributed by atoms with van der Waals surface area (Å²) in [6.07, 6.45) is 2.84. The summed E-state index contributed by atoms with van der Waals surface area (Å²) in [7, 11) is 0. The maximum Gasteiger partial charge on any atom is 0.174 e. The second kappa shape index (κ2) is 9.07. The number of rotatable bonds is 5. The van der Waals surface area contributed by atoms with E-state index in [9.17, 15) is 0 Å². The molecule has 1 saturated heterocycles. The Morgan fingerprint density at radius 2 is 1.74 bits per heavy atom. The molecule has 0 aliphatic carbocycles. The summed E-state index contributed by atoms with van der Waals surface area (Å²) < 4.78 is 2.39. The van der Waals surface area contributed by atoms with Crippen molar-refractivity contribution in [2.75, 3.05) is 4.90 Å². The van der Waals surface area contributed by atoms with Crippen LogP contribution in [0.25, 0.3) is 5.69 Å². The quantitative estimate of drug-likeness (QED) is 0.339. The van der Waals surface area contributed by atoms with Crippen LogP contribution in [0.4, 0.5) is 5.69 Å². The van der Waals surface area contributed by atoms with Gasteiger partial charge in [0.05, 0.1) is 17.8 Å². The minimum atomic E-state index is -0.0513. The maximum atomic E-state index is 5.92. The second-order valence-electron chi connectivity index (χ2n) is 8.98. The van der Waals surface area contributed by atoms with E-state index in [1.165, 1.54) is 33.8 Å². The molecule has 0 bridgehead atoms. The van der Waals surface area contributed by atoms with Gasteiger partial charge in [0, 0.05) is 29.0 Å². The first kappa shape index (κ1) is 22.4. The Balaban J connectivity index is 1.70. The van der Waals surface area contributed by atoms with Crippen LogP contribution in [0.1, 0.15) is 52.8 Å². The summed E-state index contributed by atoms with van der Waals surface area (Å²) in [5, 5.41) is 4.32. The smallest absolute Gasteiger partial charge is 0.174 e. The third-order valence-corrected chi connectivity index (χ3v) is 7.09. The fraction of sp³-hybridized carbons (Fsp3) is 0.241. The van der Waals surface area contributed by atoms with Gasteiger partial charge in [-0.1, -0.05) is 43.3 Å². The first-order valence-corrected chi connectivity index (χ1v) is 12.2. The zero-order valence-electron chi connectivity index (χ0n) is 20.1. The zero-order chi connectivity index (χ0) is 23.8. The predicted octanol–water partition coefficient (Wildman–Crippen LogP) is 6.54. The normalized spacial score (nSPS) is 17.8. The highest BCUT2D eigenvalue weighted by Crippen LogP contribution is 2.44. The highest BCUT2D eigenvalue weighted by atomic mass is 32.1. The molecule has 0 saturated carbocycles. The molecule has 1 N–H and O–H groups in total. The monoisotopic (exact) mass is 466 g/mol. The third kappa shape index (κ3) is 3.80. The number of pyridine rings is 1. The molecule has 4 aromatic rings. The van der Waals surface area contributed by atoms with Crippen molar-refractivity contribution in [3.8, 4) is 5.69 Å². The average Bonchev–Trinajstić information content (AvgIpc) is 3.34. The number of anilines is 1. The lowest BCUT2D eigenvalue weighted by molar-refractivity contribution is 0.565. The van der Waals surface area contributed by atoms with E-state index >= 15 is 0 Å². The van der Waals surface area contributed by atoms with Gasteiger partial charge in [-0.05, 0) is 92.5 Å². The predicted molar refractivity (Wildman–Crippen MR) is 144 cm³/mol. The molecular formula is C29H30N4S. The van der Waals surface area contributed by atoms with Gasteiger partial charge in [-0.15, -0.1) is 0 Å². The number of hydrogen-bond acceptors (Lipinski definition) is 2. The molecule has 2 atom stereocenters. The Labute approximate surface area is 207 Å². The lowest BCUT2D eigenvalue weighted by Crippen LogP contribution is -2.29. The zero-order valence-corrected chi connectivity index (χ0v) is 20.9. The summed E-state index contributed by atoms with van der Waals surface area (Å²) in [5.41, 5.74) is 9.59. The van der Waals surface area contributed by atoms with Gasteiger partial charge in [0.25, 0.3) is 0 Å². The van der Waals surface area contributed by atoms with E-state index < -0.39 is 0 Å². The average molecular weight is 467 g/mol. The summed E-state index contributed by atoms with van der Waals surface area (Å²) in [5.74, 6) is 0. The minimum Gasteiger partial charge on any atom is -0.351 e. The van der Waals surface area contributed by atoms with Crippen LogP contribution in [0.15, 0.2) is 79.0 Å². The number of hydrogen-bond donors (Lipinski definition) is 1. The van der Waals surface area contributed by atoms with Gasteiger partial charge in [0.1, 0.15) is 0 Å². The molecule has 0 amide bonds. The number of benzene rings is 2. The van der Waals surface area contributed by atoms with Gasteiger partial charge in [0.2, 0.25) is 0 Å². The number of thiocarbonyl (C=S) groups is 1. The van der Waals surface area contributed by atoms with E-state index in [4.69, 9.17) is 17.2 Å². The molecular weight excluding hydrogens is 436 g/mol. The van der Waals surface area contributed by atoms with Crippen LogP contribution in [0.5, 0.6) is 0 Å². The van der Waals surface area contributed by atoms with Gasteiger partial charge < -0.3 is 14.8 Å². The number of aryl methyl sites for hydroxylation is 3. The highest BCUT2D eigenvalue weighted by Gasteiger charge is 2.42. The molecule has 0 unspecified atom stereocenters. The lowest BCUT2D eigenvalue weighted by Gasteiger charge is -2.28. The fourth-order valence-corrected chi connectivity index (χ4v) is 5.56. The summed E-state index contributed by atoms with van der Waals surface area (Å²) >= 11 is 5.92. The molecule has 172 valence electrons. The topological polar surface area (TPSA) is 33.1 Å². The molecule has 2 aromatic carbocycles. The van der Waals surface area contributed by atoms with E-state index in [0.29, 0.717) is 0 Å². The largest absolute Gasteiger partial charge is 0.351 e. The van der Waals surface area contributed by atoms with Gasteiger partial charge >= 0.3 is 0 Å². The van der Waals surface area contributed by atoms with Crippen LogP contribution in [0.3, 0.4) is 0 Å². The summed E-state index contributed by atoms with van der Waals surface area (Å²) in [4.78, 5) is 6.97. The van der Waals surface area contributed by atoms with Crippen molar-refractivity contribution >= 4 is 23.0 Å². The Hall–Kier alpha value is -3.44. The molecule has 1 aliphatic rings. The van der Waals surface area contributed by atoms with E-state index in [1.54, 1.807) is 0 Å². The maximum absolute atomic E-state index is 5.92. The van der Waals surface area contributed by atoms with Crippen LogP contribution in [0.2, 0.25) is 0 Å². The highest BCUT2D eigenvalue weighted by molar-refractivity contribution is 7.80. The van der Waals surface area contributed by atoms with Gasteiger partial charge in [-0.2, -0.15) is 0 Å². The second-order valence-corrected chi connectivity index (χ2v) is 9.37. The minimum absolute atomic E-state index is 0.0158. The van der Waals surface area contributed by atoms with Gasteiger partial charge in [0.15, 0.2) is 5.11 Å². The van der Waals surface area contributed by atoms with Gasteiger partial charge in [-0.25, -0.2) is 0 Å². The molecule has 2 aromatic heterocycles. The number of nitrogens with zero attached hydrogens (tertiary/aromatic N) is 3. The van der Waals surface area contributed by atoms with Crippen LogP contribution in [0, 0.1) is 20.8 Å². The van der Waals surface area contributed by atoms with Crippen molar-refractivity contribution in [3.63, 3.8) is 0 Å². The van der Waals surface area contributed by atoms with Crippen molar-refractivity contribution in [1.82, 2.24) is 14.9 Å². The molecule has 5 heteroatoms. The molecule has 1 fully saturated rings. The third-order valence-electron chi connectivity index (χ3n) is 6.78. The molecule has 0 spiro atoms. The van der Waals surface area contributed by atoms with Crippen molar-refractivity contribution in [3.05, 3.63) is 113 Å².